The van der Waals surface area contributed by atoms with Gasteiger partial charge in [0.2, 0.25) is 0 Å². The Labute approximate surface area is 107 Å². The van der Waals surface area contributed by atoms with Crippen molar-refractivity contribution in [3.8, 4) is 5.69 Å². The van der Waals surface area contributed by atoms with Gasteiger partial charge in [0.15, 0.2) is 5.82 Å². The highest BCUT2D eigenvalue weighted by atomic mass is 15.4. The molecule has 0 spiro atoms. The number of rotatable bonds is 1. The van der Waals surface area contributed by atoms with Gasteiger partial charge in [-0.05, 0) is 32.4 Å². The summed E-state index contributed by atoms with van der Waals surface area (Å²) in [6.45, 7) is 5.22. The summed E-state index contributed by atoms with van der Waals surface area (Å²) in [5.41, 5.74) is 3.25. The van der Waals surface area contributed by atoms with Crippen LogP contribution >= 0.6 is 0 Å². The van der Waals surface area contributed by atoms with E-state index >= 15 is 0 Å². The Morgan fingerprint density at radius 3 is 2.83 bits per heavy atom. The molecular weight excluding hydrogens is 224 g/mol. The first-order valence-corrected chi connectivity index (χ1v) is 6.41. The van der Waals surface area contributed by atoms with Crippen molar-refractivity contribution in [2.75, 3.05) is 17.2 Å². The quantitative estimate of drug-likeness (QED) is 0.808. The van der Waals surface area contributed by atoms with Gasteiger partial charge >= 0.3 is 0 Å². The molecule has 1 aliphatic rings. The Morgan fingerprint density at radius 2 is 2.06 bits per heavy atom. The third kappa shape index (κ3) is 1.83. The summed E-state index contributed by atoms with van der Waals surface area (Å²) in [5.74, 6) is 1.07. The molecule has 3 rings (SSSR count). The zero-order chi connectivity index (χ0) is 12.5. The first-order valence-electron chi connectivity index (χ1n) is 6.41. The standard InChI is InChI=1S/C14H18N4/c1-10-8-9-15-14-13(16-10)11(2)17-18(14)12-6-4-3-5-7-12/h3-7,10,15-16H,8-9H2,1-2H3. The number of aryl methyl sites for hydroxylation is 1. The molecule has 1 unspecified atom stereocenters. The van der Waals surface area contributed by atoms with Crippen LogP contribution in [0.1, 0.15) is 19.0 Å². The first kappa shape index (κ1) is 11.1. The molecule has 18 heavy (non-hydrogen) atoms. The average Bonchev–Trinajstić information content (AvgIpc) is 2.58. The minimum Gasteiger partial charge on any atom is -0.378 e. The summed E-state index contributed by atoms with van der Waals surface area (Å²) in [7, 11) is 0. The highest BCUT2D eigenvalue weighted by Crippen LogP contribution is 2.31. The van der Waals surface area contributed by atoms with Crippen LogP contribution in [0.25, 0.3) is 5.69 Å². The van der Waals surface area contributed by atoms with E-state index in [1.54, 1.807) is 0 Å². The van der Waals surface area contributed by atoms with E-state index in [2.05, 4.69) is 34.8 Å². The molecule has 2 heterocycles. The largest absolute Gasteiger partial charge is 0.378 e. The van der Waals surface area contributed by atoms with E-state index in [0.29, 0.717) is 6.04 Å². The van der Waals surface area contributed by atoms with Gasteiger partial charge in [-0.1, -0.05) is 18.2 Å². The second kappa shape index (κ2) is 4.37. The summed E-state index contributed by atoms with van der Waals surface area (Å²) in [5, 5.41) is 11.6. The van der Waals surface area contributed by atoms with Crippen LogP contribution in [-0.2, 0) is 0 Å². The number of nitrogens with zero attached hydrogens (tertiary/aromatic N) is 2. The van der Waals surface area contributed by atoms with Crippen molar-refractivity contribution in [2.24, 2.45) is 0 Å². The molecule has 4 nitrogen and oxygen atoms in total. The molecule has 0 aliphatic carbocycles. The zero-order valence-corrected chi connectivity index (χ0v) is 10.8. The lowest BCUT2D eigenvalue weighted by atomic mass is 10.2. The van der Waals surface area contributed by atoms with Crippen LogP contribution in [0.5, 0.6) is 0 Å². The van der Waals surface area contributed by atoms with Crippen LogP contribution in [0, 0.1) is 6.92 Å². The van der Waals surface area contributed by atoms with Crippen molar-refractivity contribution >= 4 is 11.5 Å². The number of nitrogens with one attached hydrogen (secondary N) is 2. The van der Waals surface area contributed by atoms with E-state index in [0.717, 1.165) is 35.9 Å². The predicted molar refractivity (Wildman–Crippen MR) is 74.5 cm³/mol. The molecule has 4 heteroatoms. The fourth-order valence-electron chi connectivity index (χ4n) is 2.35. The summed E-state index contributed by atoms with van der Waals surface area (Å²) in [6, 6.07) is 10.7. The minimum atomic E-state index is 0.478. The fourth-order valence-corrected chi connectivity index (χ4v) is 2.35. The molecule has 2 aromatic rings. The van der Waals surface area contributed by atoms with E-state index in [1.165, 1.54) is 0 Å². The van der Waals surface area contributed by atoms with Gasteiger partial charge in [0.25, 0.3) is 0 Å². The van der Waals surface area contributed by atoms with Gasteiger partial charge < -0.3 is 10.6 Å². The van der Waals surface area contributed by atoms with E-state index < -0.39 is 0 Å². The Kier molecular flexibility index (Phi) is 2.70. The molecule has 1 aromatic carbocycles. The molecule has 1 aliphatic heterocycles. The summed E-state index contributed by atoms with van der Waals surface area (Å²) in [4.78, 5) is 0. The van der Waals surface area contributed by atoms with Crippen LogP contribution in [0.15, 0.2) is 30.3 Å². The van der Waals surface area contributed by atoms with Crippen molar-refractivity contribution in [2.45, 2.75) is 26.3 Å². The summed E-state index contributed by atoms with van der Waals surface area (Å²) < 4.78 is 1.98. The van der Waals surface area contributed by atoms with Crippen molar-refractivity contribution in [1.29, 1.82) is 0 Å². The molecule has 0 fully saturated rings. The van der Waals surface area contributed by atoms with Crippen LogP contribution < -0.4 is 10.6 Å². The number of anilines is 2. The highest BCUT2D eigenvalue weighted by molar-refractivity contribution is 5.71. The van der Waals surface area contributed by atoms with E-state index in [9.17, 15) is 0 Å². The maximum atomic E-state index is 4.63. The third-order valence-electron chi connectivity index (χ3n) is 3.32. The Balaban J connectivity index is 2.10. The molecule has 0 bridgehead atoms. The van der Waals surface area contributed by atoms with Gasteiger partial charge in [-0.25, -0.2) is 4.68 Å². The fraction of sp³-hybridized carbons (Fsp3) is 0.357. The number of fused-ring (bicyclic) bond motifs is 1. The molecule has 94 valence electrons. The van der Waals surface area contributed by atoms with Crippen LogP contribution in [0.4, 0.5) is 11.5 Å². The monoisotopic (exact) mass is 242 g/mol. The van der Waals surface area contributed by atoms with Crippen molar-refractivity contribution in [3.63, 3.8) is 0 Å². The lowest BCUT2D eigenvalue weighted by Crippen LogP contribution is -2.15. The Bertz CT molecular complexity index is 544. The molecule has 0 saturated carbocycles. The molecule has 2 N–H and O–H groups in total. The number of hydrogen-bond donors (Lipinski definition) is 2. The second-order valence-corrected chi connectivity index (χ2v) is 4.82. The molecule has 0 amide bonds. The van der Waals surface area contributed by atoms with Crippen LogP contribution in [0.2, 0.25) is 0 Å². The number of para-hydroxylation sites is 1. The topological polar surface area (TPSA) is 41.9 Å². The number of benzene rings is 1. The molecule has 0 radical (unpaired) electrons. The van der Waals surface area contributed by atoms with Crippen molar-refractivity contribution in [1.82, 2.24) is 9.78 Å². The van der Waals surface area contributed by atoms with Crippen LogP contribution in [-0.4, -0.2) is 22.4 Å². The SMILES string of the molecule is Cc1nn(-c2ccccc2)c2c1NC(C)CCN2. The van der Waals surface area contributed by atoms with Gasteiger partial charge in [-0.3, -0.25) is 0 Å². The Morgan fingerprint density at radius 1 is 1.28 bits per heavy atom. The molecular formula is C14H18N4. The minimum absolute atomic E-state index is 0.478. The molecule has 1 aromatic heterocycles. The van der Waals surface area contributed by atoms with Gasteiger partial charge in [0.1, 0.15) is 5.69 Å². The summed E-state index contributed by atoms with van der Waals surface area (Å²) >= 11 is 0. The van der Waals surface area contributed by atoms with Gasteiger partial charge in [0, 0.05) is 12.6 Å². The number of aromatic nitrogens is 2. The summed E-state index contributed by atoms with van der Waals surface area (Å²) in [6.07, 6.45) is 1.11. The highest BCUT2D eigenvalue weighted by Gasteiger charge is 2.20. The molecule has 1 atom stereocenters. The lowest BCUT2D eigenvalue weighted by molar-refractivity contribution is 0.738. The number of hydrogen-bond acceptors (Lipinski definition) is 3. The van der Waals surface area contributed by atoms with Gasteiger partial charge in [0.05, 0.1) is 11.4 Å². The second-order valence-electron chi connectivity index (χ2n) is 4.82. The lowest BCUT2D eigenvalue weighted by Gasteiger charge is -2.09. The first-order chi connectivity index (χ1) is 8.75. The van der Waals surface area contributed by atoms with E-state index in [4.69, 9.17) is 0 Å². The maximum absolute atomic E-state index is 4.63. The van der Waals surface area contributed by atoms with Gasteiger partial charge in [-0.2, -0.15) is 5.10 Å². The normalized spacial score (nSPS) is 18.4. The smallest absolute Gasteiger partial charge is 0.153 e. The van der Waals surface area contributed by atoms with E-state index in [-0.39, 0.29) is 0 Å². The van der Waals surface area contributed by atoms with Crippen LogP contribution in [0.3, 0.4) is 0 Å². The predicted octanol–water partition coefficient (Wildman–Crippen LogP) is 2.80. The van der Waals surface area contributed by atoms with Gasteiger partial charge in [-0.15, -0.1) is 0 Å². The van der Waals surface area contributed by atoms with E-state index in [1.807, 2.05) is 29.8 Å². The average molecular weight is 242 g/mol. The molecule has 0 saturated heterocycles. The van der Waals surface area contributed by atoms with Crippen molar-refractivity contribution in [3.05, 3.63) is 36.0 Å². The van der Waals surface area contributed by atoms with Crippen molar-refractivity contribution < 1.29 is 0 Å². The third-order valence-corrected chi connectivity index (χ3v) is 3.32. The maximum Gasteiger partial charge on any atom is 0.153 e. The Hall–Kier alpha value is -1.97. The zero-order valence-electron chi connectivity index (χ0n) is 10.8.